The van der Waals surface area contributed by atoms with Crippen molar-refractivity contribution < 1.29 is 27.3 Å². The topological polar surface area (TPSA) is 177 Å². The number of anilines is 1. The molecule has 5 aromatic rings. The lowest BCUT2D eigenvalue weighted by atomic mass is 9.91. The van der Waals surface area contributed by atoms with Crippen molar-refractivity contribution >= 4 is 38.6 Å². The Labute approximate surface area is 246 Å². The van der Waals surface area contributed by atoms with Crippen LogP contribution in [0.25, 0.3) is 21.9 Å². The Balaban J connectivity index is 1.64. The zero-order valence-electron chi connectivity index (χ0n) is 24.1. The highest BCUT2D eigenvalue weighted by molar-refractivity contribution is 7.92. The number of hydrogen-bond acceptors (Lipinski definition) is 9. The Kier molecular flexibility index (Phi) is 7.50. The minimum Gasteiger partial charge on any atom is -0.493 e. The molecule has 5 rings (SSSR count). The van der Waals surface area contributed by atoms with E-state index in [-0.39, 0.29) is 45.7 Å². The number of ether oxygens (including phenoxy) is 3. The van der Waals surface area contributed by atoms with Crippen molar-refractivity contribution in [2.45, 2.75) is 26.2 Å². The summed E-state index contributed by atoms with van der Waals surface area (Å²) in [5.41, 5.74) is 1.60. The molecule has 0 aliphatic heterocycles. The lowest BCUT2D eigenvalue weighted by Gasteiger charge is -2.16. The van der Waals surface area contributed by atoms with E-state index in [0.29, 0.717) is 28.4 Å². The van der Waals surface area contributed by atoms with Crippen LogP contribution in [0.3, 0.4) is 0 Å². The molecule has 0 spiro atoms. The van der Waals surface area contributed by atoms with Gasteiger partial charge in [-0.2, -0.15) is 5.10 Å². The molecule has 0 amide bonds. The number of rotatable bonds is 9. The molecule has 2 N–H and O–H groups in total. The number of sulfonamides is 1. The SMILES string of the molecule is [C-]#[N+]c1c(N=Nc2c(Oc3c(OC)cccc3OC)[n-][n+]3[n-]c(-c4cccc(NS(C)(=O)=O)c4)nc23)n[nH]c1C(C)(C)C. The minimum atomic E-state index is -3.49. The number of para-hydroxylation sites is 1. The van der Waals surface area contributed by atoms with E-state index < -0.39 is 10.0 Å². The molecule has 0 unspecified atom stereocenters. The fraction of sp³-hybridized carbons (Fsp3) is 0.259. The first-order valence-electron chi connectivity index (χ1n) is 12.7. The summed E-state index contributed by atoms with van der Waals surface area (Å²) in [5, 5.41) is 24.6. The first-order chi connectivity index (χ1) is 20.4. The van der Waals surface area contributed by atoms with E-state index in [1.54, 1.807) is 42.5 Å². The van der Waals surface area contributed by atoms with Gasteiger partial charge in [-0.1, -0.05) is 44.0 Å². The predicted molar refractivity (Wildman–Crippen MR) is 155 cm³/mol. The van der Waals surface area contributed by atoms with E-state index in [2.05, 4.69) is 45.2 Å². The first-order valence-corrected chi connectivity index (χ1v) is 14.6. The standard InChI is InChI=1S/C27H27N10O5S/c1-27(2,3)22-19(28-4)24(33-31-22)32-30-20-25-29-23(15-10-8-11-16(14-15)36-43(7,38)39)34-37(25)35-26(20)42-21-17(40-5)12-9-13-18(21)41-6/h8-14,36H,1-3,5-7H3,(H-,29,31,33,34)/q-1. The van der Waals surface area contributed by atoms with E-state index >= 15 is 0 Å². The summed E-state index contributed by atoms with van der Waals surface area (Å²) in [6, 6.07) is 11.7. The summed E-state index contributed by atoms with van der Waals surface area (Å²) in [5.74, 6) is 1.31. The Bertz CT molecular complexity index is 1970. The van der Waals surface area contributed by atoms with Crippen LogP contribution in [0.5, 0.6) is 23.1 Å². The van der Waals surface area contributed by atoms with Crippen molar-refractivity contribution in [2.75, 3.05) is 25.2 Å². The molecule has 3 heterocycles. The summed E-state index contributed by atoms with van der Waals surface area (Å²) in [7, 11) is -0.512. The molecule has 0 atom stereocenters. The Hall–Kier alpha value is -5.43. The van der Waals surface area contributed by atoms with Gasteiger partial charge in [0.2, 0.25) is 21.6 Å². The first kappa shape index (κ1) is 29.1. The number of hydrogen-bond donors (Lipinski definition) is 2. The minimum absolute atomic E-state index is 0.0171. The van der Waals surface area contributed by atoms with Gasteiger partial charge >= 0.3 is 5.65 Å². The van der Waals surface area contributed by atoms with Crippen molar-refractivity contribution in [3.63, 3.8) is 0 Å². The van der Waals surface area contributed by atoms with Crippen LogP contribution >= 0.6 is 0 Å². The second-order valence-corrected chi connectivity index (χ2v) is 12.0. The Morgan fingerprint density at radius 1 is 1.07 bits per heavy atom. The molecule has 0 saturated carbocycles. The molecule has 0 saturated heterocycles. The van der Waals surface area contributed by atoms with E-state index in [1.165, 1.54) is 18.8 Å². The van der Waals surface area contributed by atoms with Crippen LogP contribution in [0.2, 0.25) is 0 Å². The van der Waals surface area contributed by atoms with Gasteiger partial charge in [0.25, 0.3) is 5.69 Å². The zero-order chi connectivity index (χ0) is 30.9. The van der Waals surface area contributed by atoms with E-state index in [4.69, 9.17) is 20.8 Å². The van der Waals surface area contributed by atoms with Gasteiger partial charge in [0, 0.05) is 16.9 Å². The van der Waals surface area contributed by atoms with E-state index in [0.717, 1.165) is 6.26 Å². The maximum atomic E-state index is 11.7. The summed E-state index contributed by atoms with van der Waals surface area (Å²) in [4.78, 5) is 8.21. The lowest BCUT2D eigenvalue weighted by molar-refractivity contribution is -0.647. The average Bonchev–Trinajstić information content (AvgIpc) is 3.64. The average molecular weight is 604 g/mol. The number of aromatic amines is 1. The van der Waals surface area contributed by atoms with Gasteiger partial charge in [0.15, 0.2) is 17.2 Å². The van der Waals surface area contributed by atoms with Crippen molar-refractivity contribution in [2.24, 2.45) is 10.2 Å². The van der Waals surface area contributed by atoms with Crippen LogP contribution in [0.4, 0.5) is 22.9 Å². The van der Waals surface area contributed by atoms with Gasteiger partial charge in [0.05, 0.1) is 32.9 Å². The molecule has 43 heavy (non-hydrogen) atoms. The van der Waals surface area contributed by atoms with Crippen molar-refractivity contribution in [3.05, 3.63) is 59.6 Å². The summed E-state index contributed by atoms with van der Waals surface area (Å²) in [6.07, 6.45) is 1.06. The fourth-order valence-electron chi connectivity index (χ4n) is 4.10. The molecule has 0 radical (unpaired) electrons. The van der Waals surface area contributed by atoms with Crippen LogP contribution in [-0.4, -0.2) is 44.1 Å². The quantitative estimate of drug-likeness (QED) is 0.139. The second-order valence-electron chi connectivity index (χ2n) is 10.3. The van der Waals surface area contributed by atoms with Gasteiger partial charge in [-0.3, -0.25) is 9.82 Å². The lowest BCUT2D eigenvalue weighted by Crippen LogP contribution is -2.29. The third kappa shape index (κ3) is 5.97. The van der Waals surface area contributed by atoms with Crippen LogP contribution in [0.15, 0.2) is 52.7 Å². The van der Waals surface area contributed by atoms with Crippen LogP contribution in [0, 0.1) is 6.57 Å². The number of aromatic nitrogens is 6. The summed E-state index contributed by atoms with van der Waals surface area (Å²) >= 11 is 0. The molecule has 3 aromatic heterocycles. The number of azo groups is 1. The molecule has 0 aliphatic carbocycles. The van der Waals surface area contributed by atoms with Crippen LogP contribution in [0.1, 0.15) is 26.5 Å². The highest BCUT2D eigenvalue weighted by Gasteiger charge is 2.25. The van der Waals surface area contributed by atoms with Gasteiger partial charge in [-0.25, -0.2) is 13.3 Å². The molecule has 0 fully saturated rings. The predicted octanol–water partition coefficient (Wildman–Crippen LogP) is 4.57. The fourth-order valence-corrected chi connectivity index (χ4v) is 4.66. The third-order valence-electron chi connectivity index (χ3n) is 6.02. The molecule has 0 aliphatic rings. The van der Waals surface area contributed by atoms with Crippen LogP contribution in [-0.2, 0) is 15.4 Å². The molecule has 15 nitrogen and oxygen atoms in total. The van der Waals surface area contributed by atoms with Gasteiger partial charge in [-0.15, -0.1) is 10.2 Å². The van der Waals surface area contributed by atoms with E-state index in [9.17, 15) is 8.42 Å². The van der Waals surface area contributed by atoms with Crippen LogP contribution < -0.4 is 33.8 Å². The largest absolute Gasteiger partial charge is 0.493 e. The molecular formula is C27H27N10O5S-. The third-order valence-corrected chi connectivity index (χ3v) is 6.63. The van der Waals surface area contributed by atoms with Crippen molar-refractivity contribution in [1.29, 1.82) is 0 Å². The Morgan fingerprint density at radius 2 is 1.77 bits per heavy atom. The highest BCUT2D eigenvalue weighted by atomic mass is 32.2. The maximum absolute atomic E-state index is 11.7. The molecule has 16 heteroatoms. The zero-order valence-corrected chi connectivity index (χ0v) is 24.9. The molecule has 2 aromatic carbocycles. The van der Waals surface area contributed by atoms with Gasteiger partial charge < -0.3 is 29.0 Å². The van der Waals surface area contributed by atoms with Gasteiger partial charge in [-0.05, 0) is 29.7 Å². The number of nitrogens with one attached hydrogen (secondary N) is 2. The number of H-pyrrole nitrogens is 1. The number of fused-ring (bicyclic) bond motifs is 1. The van der Waals surface area contributed by atoms with Gasteiger partial charge in [0.1, 0.15) is 5.82 Å². The van der Waals surface area contributed by atoms with E-state index in [1.807, 2.05) is 20.8 Å². The Morgan fingerprint density at radius 3 is 2.40 bits per heavy atom. The number of benzene rings is 2. The summed E-state index contributed by atoms with van der Waals surface area (Å²) in [6.45, 7) is 13.5. The number of methoxy groups -OCH3 is 2. The molecule has 0 bridgehead atoms. The number of nitrogens with zero attached hydrogens (tertiary/aromatic N) is 8. The highest BCUT2D eigenvalue weighted by Crippen LogP contribution is 2.43. The normalized spacial score (nSPS) is 12.0. The van der Waals surface area contributed by atoms with Crippen molar-refractivity contribution in [3.8, 4) is 34.5 Å². The molecule has 222 valence electrons. The second kappa shape index (κ2) is 11.1. The smallest absolute Gasteiger partial charge is 0.329 e. The molecular weight excluding hydrogens is 576 g/mol. The summed E-state index contributed by atoms with van der Waals surface area (Å²) < 4.78 is 44.1. The van der Waals surface area contributed by atoms with Crippen molar-refractivity contribution in [1.82, 2.24) is 25.4 Å². The monoisotopic (exact) mass is 603 g/mol. The maximum Gasteiger partial charge on any atom is 0.329 e.